The van der Waals surface area contributed by atoms with E-state index < -0.39 is 0 Å². The van der Waals surface area contributed by atoms with Crippen molar-refractivity contribution in [3.8, 4) is 0 Å². The normalized spacial score (nSPS) is 54.9. The topological polar surface area (TPSA) is 17.1 Å². The molecule has 5 aliphatic rings. The van der Waals surface area contributed by atoms with E-state index in [-0.39, 0.29) is 5.41 Å². The molecule has 0 aromatic carbocycles. The lowest BCUT2D eigenvalue weighted by Gasteiger charge is -2.71. The lowest BCUT2D eigenvalue weighted by Crippen LogP contribution is -2.65. The van der Waals surface area contributed by atoms with Crippen LogP contribution in [0, 0.1) is 44.8 Å². The summed E-state index contributed by atoms with van der Waals surface area (Å²) in [5, 5.41) is 0. The van der Waals surface area contributed by atoms with E-state index >= 15 is 0 Å². The van der Waals surface area contributed by atoms with Crippen LogP contribution in [0.15, 0.2) is 11.6 Å². The lowest BCUT2D eigenvalue weighted by atomic mass is 9.33. The number of rotatable bonds is 0. The fourth-order valence-corrected chi connectivity index (χ4v) is 10.00. The highest BCUT2D eigenvalue weighted by Gasteiger charge is 2.68. The van der Waals surface area contributed by atoms with Crippen LogP contribution in [0.5, 0.6) is 0 Å². The Hall–Kier alpha value is -0.590. The van der Waals surface area contributed by atoms with Gasteiger partial charge in [0.05, 0.1) is 0 Å². The standard InChI is InChI=1S/C27H42O/c1-23(2)20-11-15-27(6)21(25(20,4)14-12-22(23)28)10-9-19-18-8-7-13-24(18,3)16-17-26(19,27)5/h8,19-21H,7,9-17H2,1-6H3. The lowest BCUT2D eigenvalue weighted by molar-refractivity contribution is -0.210. The number of fused-ring (bicyclic) bond motifs is 7. The SMILES string of the molecule is CC12CCC=C1C1CCC3C4(C)CCC(=O)C(C)(C)C4CCC3(C)C1(C)CC2. The molecule has 0 bridgehead atoms. The Bertz CT molecular complexity index is 745. The first-order valence-electron chi connectivity index (χ1n) is 12.2. The summed E-state index contributed by atoms with van der Waals surface area (Å²) < 4.78 is 0. The van der Waals surface area contributed by atoms with Crippen molar-refractivity contribution in [2.24, 2.45) is 44.8 Å². The molecular formula is C27H42O. The zero-order chi connectivity index (χ0) is 20.2. The molecule has 4 saturated carbocycles. The van der Waals surface area contributed by atoms with Crippen molar-refractivity contribution in [1.82, 2.24) is 0 Å². The maximum Gasteiger partial charge on any atom is 0.138 e. The molecule has 0 N–H and O–H groups in total. The number of carbonyl (C=O) groups excluding carboxylic acids is 1. The summed E-state index contributed by atoms with van der Waals surface area (Å²) in [7, 11) is 0. The summed E-state index contributed by atoms with van der Waals surface area (Å²) in [6, 6.07) is 0. The van der Waals surface area contributed by atoms with Gasteiger partial charge in [-0.15, -0.1) is 0 Å². The van der Waals surface area contributed by atoms with E-state index in [0.717, 1.165) is 24.7 Å². The maximum absolute atomic E-state index is 12.8. The molecule has 5 aliphatic carbocycles. The van der Waals surface area contributed by atoms with Gasteiger partial charge in [0.1, 0.15) is 5.78 Å². The van der Waals surface area contributed by atoms with E-state index in [4.69, 9.17) is 0 Å². The molecule has 0 radical (unpaired) electrons. The second-order valence-electron chi connectivity index (χ2n) is 13.0. The summed E-state index contributed by atoms with van der Waals surface area (Å²) in [5.74, 6) is 2.72. The quantitative estimate of drug-likeness (QED) is 0.400. The van der Waals surface area contributed by atoms with Crippen molar-refractivity contribution in [3.63, 3.8) is 0 Å². The summed E-state index contributed by atoms with van der Waals surface area (Å²) in [4.78, 5) is 12.8. The van der Waals surface area contributed by atoms with E-state index in [2.05, 4.69) is 47.6 Å². The molecule has 0 spiro atoms. The van der Waals surface area contributed by atoms with Gasteiger partial charge < -0.3 is 0 Å². The van der Waals surface area contributed by atoms with Crippen LogP contribution < -0.4 is 0 Å². The fraction of sp³-hybridized carbons (Fsp3) is 0.889. The van der Waals surface area contributed by atoms with E-state index in [1.165, 1.54) is 51.4 Å². The number of carbonyl (C=O) groups is 1. The highest BCUT2D eigenvalue weighted by Crippen LogP contribution is 2.75. The van der Waals surface area contributed by atoms with Crippen LogP contribution in [0.25, 0.3) is 0 Å². The van der Waals surface area contributed by atoms with Gasteiger partial charge in [-0.2, -0.15) is 0 Å². The van der Waals surface area contributed by atoms with Crippen molar-refractivity contribution >= 4 is 5.78 Å². The minimum absolute atomic E-state index is 0.120. The van der Waals surface area contributed by atoms with Crippen LogP contribution in [0.1, 0.15) is 106 Å². The van der Waals surface area contributed by atoms with Gasteiger partial charge in [0, 0.05) is 11.8 Å². The Morgan fingerprint density at radius 3 is 2.29 bits per heavy atom. The Morgan fingerprint density at radius 1 is 0.786 bits per heavy atom. The highest BCUT2D eigenvalue weighted by molar-refractivity contribution is 5.85. The summed E-state index contributed by atoms with van der Waals surface area (Å²) in [5.41, 5.74) is 3.47. The van der Waals surface area contributed by atoms with Gasteiger partial charge in [0.25, 0.3) is 0 Å². The zero-order valence-corrected chi connectivity index (χ0v) is 19.3. The van der Waals surface area contributed by atoms with Crippen molar-refractivity contribution in [1.29, 1.82) is 0 Å². The minimum Gasteiger partial charge on any atom is -0.299 e. The molecular weight excluding hydrogens is 340 g/mol. The molecule has 7 unspecified atom stereocenters. The second-order valence-corrected chi connectivity index (χ2v) is 13.0. The number of hydrogen-bond acceptors (Lipinski definition) is 1. The summed E-state index contributed by atoms with van der Waals surface area (Å²) >= 11 is 0. The van der Waals surface area contributed by atoms with Crippen molar-refractivity contribution in [3.05, 3.63) is 11.6 Å². The first kappa shape index (κ1) is 19.4. The largest absolute Gasteiger partial charge is 0.299 e. The van der Waals surface area contributed by atoms with Crippen LogP contribution in [0.3, 0.4) is 0 Å². The van der Waals surface area contributed by atoms with Gasteiger partial charge in [-0.1, -0.05) is 53.2 Å². The fourth-order valence-electron chi connectivity index (χ4n) is 10.00. The van der Waals surface area contributed by atoms with Crippen LogP contribution in [-0.2, 0) is 4.79 Å². The first-order chi connectivity index (χ1) is 13.0. The van der Waals surface area contributed by atoms with E-state index in [0.29, 0.717) is 33.4 Å². The molecule has 0 heterocycles. The van der Waals surface area contributed by atoms with E-state index in [1.54, 1.807) is 0 Å². The van der Waals surface area contributed by atoms with Crippen molar-refractivity contribution in [2.45, 2.75) is 106 Å². The molecule has 0 aromatic heterocycles. The molecule has 0 aromatic rings. The first-order valence-corrected chi connectivity index (χ1v) is 12.2. The number of hydrogen-bond donors (Lipinski definition) is 0. The predicted molar refractivity (Wildman–Crippen MR) is 116 cm³/mol. The molecule has 1 nitrogen and oxygen atoms in total. The third-order valence-corrected chi connectivity index (χ3v) is 11.9. The third kappa shape index (κ3) is 2.08. The maximum atomic E-state index is 12.8. The Labute approximate surface area is 173 Å². The number of allylic oxidation sites excluding steroid dienone is 2. The molecule has 4 fully saturated rings. The molecule has 0 aliphatic heterocycles. The van der Waals surface area contributed by atoms with Gasteiger partial charge in [-0.3, -0.25) is 4.79 Å². The van der Waals surface area contributed by atoms with E-state index in [1.807, 2.05) is 5.57 Å². The van der Waals surface area contributed by atoms with Crippen LogP contribution >= 0.6 is 0 Å². The monoisotopic (exact) mass is 382 g/mol. The van der Waals surface area contributed by atoms with Gasteiger partial charge in [0.2, 0.25) is 0 Å². The van der Waals surface area contributed by atoms with Crippen molar-refractivity contribution < 1.29 is 4.79 Å². The Kier molecular flexibility index (Phi) is 3.84. The van der Waals surface area contributed by atoms with Crippen LogP contribution in [0.4, 0.5) is 0 Å². The average molecular weight is 383 g/mol. The predicted octanol–water partition coefficient (Wildman–Crippen LogP) is 7.35. The third-order valence-electron chi connectivity index (χ3n) is 11.9. The molecule has 28 heavy (non-hydrogen) atoms. The summed E-state index contributed by atoms with van der Waals surface area (Å²) in [6.45, 7) is 15.1. The smallest absolute Gasteiger partial charge is 0.138 e. The number of Topliss-reactive ketones (excluding diaryl/α,β-unsaturated/α-hetero) is 1. The molecule has 7 atom stereocenters. The average Bonchev–Trinajstić information content (AvgIpc) is 3.01. The second kappa shape index (κ2) is 5.55. The van der Waals surface area contributed by atoms with Crippen LogP contribution in [0.2, 0.25) is 0 Å². The Balaban J connectivity index is 1.56. The van der Waals surface area contributed by atoms with Gasteiger partial charge in [-0.05, 0) is 97.2 Å². The molecule has 1 heteroatoms. The summed E-state index contributed by atoms with van der Waals surface area (Å²) in [6.07, 6.45) is 15.5. The van der Waals surface area contributed by atoms with Gasteiger partial charge >= 0.3 is 0 Å². The van der Waals surface area contributed by atoms with Crippen molar-refractivity contribution in [2.75, 3.05) is 0 Å². The molecule has 0 saturated heterocycles. The molecule has 156 valence electrons. The van der Waals surface area contributed by atoms with Gasteiger partial charge in [-0.25, -0.2) is 0 Å². The van der Waals surface area contributed by atoms with Crippen LogP contribution in [-0.4, -0.2) is 5.78 Å². The van der Waals surface area contributed by atoms with E-state index in [9.17, 15) is 4.79 Å². The Morgan fingerprint density at radius 2 is 1.54 bits per heavy atom. The molecule has 5 rings (SSSR count). The zero-order valence-electron chi connectivity index (χ0n) is 19.3. The minimum atomic E-state index is -0.120. The number of ketones is 1. The van der Waals surface area contributed by atoms with Gasteiger partial charge in [0.15, 0.2) is 0 Å². The highest BCUT2D eigenvalue weighted by atomic mass is 16.1. The molecule has 0 amide bonds.